The first-order valence-electron chi connectivity index (χ1n) is 11.5. The van der Waals surface area contributed by atoms with Gasteiger partial charge in [-0.1, -0.05) is 0 Å². The highest BCUT2D eigenvalue weighted by Crippen LogP contribution is 2.64. The first-order chi connectivity index (χ1) is 18.2. The number of ether oxygens (including phenoxy) is 3. The monoisotopic (exact) mass is 573 g/mol. The predicted molar refractivity (Wildman–Crippen MR) is 124 cm³/mol. The van der Waals surface area contributed by atoms with Crippen LogP contribution in [0.25, 0.3) is 0 Å². The summed E-state index contributed by atoms with van der Waals surface area (Å²) in [4.78, 5) is 40.0. The third kappa shape index (κ3) is 4.67. The van der Waals surface area contributed by atoms with Crippen LogP contribution in [0.5, 0.6) is 11.5 Å². The normalized spacial score (nSPS) is 30.7. The molecular weight excluding hydrogens is 551 g/mol. The quantitative estimate of drug-likeness (QED) is 0.484. The summed E-state index contributed by atoms with van der Waals surface area (Å²) < 4.78 is 75.4. The molecule has 3 unspecified atom stereocenters. The molecule has 210 valence electrons. The molecule has 0 radical (unpaired) electrons. The molecule has 39 heavy (non-hydrogen) atoms. The van der Waals surface area contributed by atoms with Gasteiger partial charge >= 0.3 is 31.7 Å². The van der Waals surface area contributed by atoms with E-state index < -0.39 is 68.2 Å². The minimum atomic E-state index is -4.34. The van der Waals surface area contributed by atoms with Crippen LogP contribution in [-0.2, 0) is 27.7 Å². The van der Waals surface area contributed by atoms with E-state index in [1.807, 2.05) is 0 Å². The Bertz CT molecular complexity index is 1450. The summed E-state index contributed by atoms with van der Waals surface area (Å²) in [5, 5.41) is 11.3. The molecule has 0 aliphatic carbocycles. The van der Waals surface area contributed by atoms with Gasteiger partial charge in [0, 0.05) is 11.8 Å². The fourth-order valence-electron chi connectivity index (χ4n) is 4.16. The zero-order valence-electron chi connectivity index (χ0n) is 20.5. The van der Waals surface area contributed by atoms with Gasteiger partial charge in [-0.2, -0.15) is 13.8 Å². The van der Waals surface area contributed by atoms with Crippen LogP contribution in [0.4, 0.5) is 14.6 Å². The molecule has 0 bridgehead atoms. The molecule has 5 rings (SSSR count). The van der Waals surface area contributed by atoms with Crippen LogP contribution in [0.1, 0.15) is 37.4 Å². The first-order valence-corrected chi connectivity index (χ1v) is 13.0. The highest BCUT2D eigenvalue weighted by molar-refractivity contribution is 7.48. The zero-order valence-corrected chi connectivity index (χ0v) is 21.4. The average molecular weight is 573 g/mol. The lowest BCUT2D eigenvalue weighted by Crippen LogP contribution is -2.55. The van der Waals surface area contributed by atoms with Gasteiger partial charge in [0.05, 0.1) is 12.7 Å². The van der Waals surface area contributed by atoms with E-state index in [1.54, 1.807) is 0 Å². The Hall–Kier alpha value is -3.43. The number of phosphoric ester groups is 1. The Labute approximate surface area is 218 Å². The number of aromatic nitrogens is 2. The van der Waals surface area contributed by atoms with Crippen LogP contribution >= 0.6 is 7.82 Å². The van der Waals surface area contributed by atoms with E-state index in [2.05, 4.69) is 10.3 Å². The largest absolute Gasteiger partial charge is 0.476 e. The number of carbonyl (C=O) groups is 2. The number of fused-ring (bicyclic) bond motifs is 2. The fraction of sp³-hybridized carbons (Fsp3) is 0.455. The summed E-state index contributed by atoms with van der Waals surface area (Å²) in [5.41, 5.74) is -3.62. The van der Waals surface area contributed by atoms with E-state index in [0.717, 1.165) is 19.2 Å². The SMILES string of the molecule is CC(C)OP1(=O)OC[C@H]2OC(n3ccc(NC(=O)c4ccc5c(c4)OC(C(=O)O)O5)nc3=O)C(F)(F)[C@@]2(C)O1. The lowest BCUT2D eigenvalue weighted by Gasteiger charge is -2.40. The second kappa shape index (κ2) is 9.34. The molecule has 2 saturated heterocycles. The molecule has 4 heterocycles. The number of phosphoric acid groups is 1. The molecule has 0 spiro atoms. The van der Waals surface area contributed by atoms with Crippen molar-refractivity contribution >= 4 is 25.5 Å². The third-order valence-electron chi connectivity index (χ3n) is 6.10. The molecule has 17 heteroatoms. The molecular formula is C22H22F2N3O11P. The van der Waals surface area contributed by atoms with Crippen molar-refractivity contribution in [3.8, 4) is 11.5 Å². The molecule has 2 fully saturated rings. The van der Waals surface area contributed by atoms with Crippen LogP contribution in [0.15, 0.2) is 35.3 Å². The summed E-state index contributed by atoms with van der Waals surface area (Å²) >= 11 is 0. The highest BCUT2D eigenvalue weighted by atomic mass is 31.2. The van der Waals surface area contributed by atoms with Crippen molar-refractivity contribution in [2.45, 2.75) is 57.0 Å². The number of carboxylic acids is 1. The lowest BCUT2D eigenvalue weighted by atomic mass is 9.94. The number of hydrogen-bond donors (Lipinski definition) is 2. The third-order valence-corrected chi connectivity index (χ3v) is 7.85. The number of benzene rings is 1. The Morgan fingerprint density at radius 3 is 2.64 bits per heavy atom. The molecule has 14 nitrogen and oxygen atoms in total. The number of carbonyl (C=O) groups excluding carboxylic acids is 1. The van der Waals surface area contributed by atoms with E-state index in [4.69, 9.17) is 32.9 Å². The molecule has 1 aromatic heterocycles. The van der Waals surface area contributed by atoms with Gasteiger partial charge in [-0.05, 0) is 45.0 Å². The zero-order chi connectivity index (χ0) is 28.3. The molecule has 3 aliphatic heterocycles. The maximum absolute atomic E-state index is 15.6. The van der Waals surface area contributed by atoms with E-state index in [-0.39, 0.29) is 22.9 Å². The van der Waals surface area contributed by atoms with E-state index >= 15 is 8.78 Å². The van der Waals surface area contributed by atoms with Gasteiger partial charge in [0.2, 0.25) is 6.23 Å². The van der Waals surface area contributed by atoms with Gasteiger partial charge in [-0.3, -0.25) is 22.9 Å². The Balaban J connectivity index is 1.33. The van der Waals surface area contributed by atoms with E-state index in [0.29, 0.717) is 4.57 Å². The second-order valence-electron chi connectivity index (χ2n) is 9.22. The standard InChI is InChI=1S/C22H22F2N3O11P/c1-10(2)37-39(32)33-9-14-21(3,38-39)22(23,24)19(36-14)27-7-6-15(26-20(27)31)25-16(28)11-4-5-12-13(8-11)35-18(34-12)17(29)30/h4-8,10,14,18-19H,9H2,1-3H3,(H,29,30)(H,25,26,28,31)/t14-,18?,19?,21+,39?/m1/s1. The summed E-state index contributed by atoms with van der Waals surface area (Å²) in [6.45, 7) is 3.51. The fourth-order valence-corrected chi connectivity index (χ4v) is 5.85. The number of amides is 1. The molecule has 1 amide bonds. The van der Waals surface area contributed by atoms with Crippen molar-refractivity contribution in [3.63, 3.8) is 0 Å². The molecule has 2 aromatic rings. The van der Waals surface area contributed by atoms with Crippen molar-refractivity contribution in [2.24, 2.45) is 0 Å². The van der Waals surface area contributed by atoms with Gasteiger partial charge in [-0.15, -0.1) is 0 Å². The number of hydrogen-bond acceptors (Lipinski definition) is 11. The number of halogens is 2. The summed E-state index contributed by atoms with van der Waals surface area (Å²) in [7, 11) is -4.34. The number of nitrogens with zero attached hydrogens (tertiary/aromatic N) is 2. The molecule has 2 N–H and O–H groups in total. The van der Waals surface area contributed by atoms with Crippen molar-refractivity contribution in [2.75, 3.05) is 11.9 Å². The average Bonchev–Trinajstić information content (AvgIpc) is 3.35. The maximum Gasteiger partial charge on any atom is 0.475 e. The number of alkyl halides is 2. The van der Waals surface area contributed by atoms with Crippen molar-refractivity contribution in [1.82, 2.24) is 9.55 Å². The first kappa shape index (κ1) is 27.1. The molecule has 5 atom stereocenters. The minimum absolute atomic E-state index is 0.0159. The molecule has 3 aliphatic rings. The van der Waals surface area contributed by atoms with Crippen molar-refractivity contribution < 1.29 is 55.8 Å². The van der Waals surface area contributed by atoms with Gasteiger partial charge in [0.15, 0.2) is 17.1 Å². The Morgan fingerprint density at radius 2 is 1.97 bits per heavy atom. The van der Waals surface area contributed by atoms with Crippen molar-refractivity contribution in [1.29, 1.82) is 0 Å². The molecule has 0 saturated carbocycles. The van der Waals surface area contributed by atoms with E-state index in [1.165, 1.54) is 32.0 Å². The summed E-state index contributed by atoms with van der Waals surface area (Å²) in [6.07, 6.45) is -4.83. The summed E-state index contributed by atoms with van der Waals surface area (Å²) in [6, 6.07) is 4.98. The van der Waals surface area contributed by atoms with Crippen LogP contribution in [-0.4, -0.2) is 63.2 Å². The highest BCUT2D eigenvalue weighted by Gasteiger charge is 2.73. The van der Waals surface area contributed by atoms with Gasteiger partial charge in [0.1, 0.15) is 11.9 Å². The predicted octanol–water partition coefficient (Wildman–Crippen LogP) is 2.55. The lowest BCUT2D eigenvalue weighted by molar-refractivity contribution is -0.183. The Kier molecular flexibility index (Phi) is 6.50. The van der Waals surface area contributed by atoms with Crippen LogP contribution in [0.2, 0.25) is 0 Å². The number of carboxylic acid groups (broad SMARTS) is 1. The maximum atomic E-state index is 15.6. The van der Waals surface area contributed by atoms with Crippen molar-refractivity contribution in [3.05, 3.63) is 46.5 Å². The van der Waals surface area contributed by atoms with Gasteiger partial charge in [-0.25, -0.2) is 14.2 Å². The van der Waals surface area contributed by atoms with Gasteiger partial charge in [0.25, 0.3) is 5.91 Å². The summed E-state index contributed by atoms with van der Waals surface area (Å²) in [5.74, 6) is -6.12. The number of anilines is 1. The number of rotatable bonds is 6. The minimum Gasteiger partial charge on any atom is -0.476 e. The topological polar surface area (TPSA) is 174 Å². The van der Waals surface area contributed by atoms with Crippen LogP contribution in [0, 0.1) is 0 Å². The number of aliphatic carboxylic acids is 1. The van der Waals surface area contributed by atoms with Gasteiger partial charge < -0.3 is 24.6 Å². The number of nitrogens with one attached hydrogen (secondary N) is 1. The van der Waals surface area contributed by atoms with Crippen LogP contribution in [0.3, 0.4) is 0 Å². The molecule has 1 aromatic carbocycles. The van der Waals surface area contributed by atoms with Crippen LogP contribution < -0.4 is 20.5 Å². The van der Waals surface area contributed by atoms with E-state index in [9.17, 15) is 18.9 Å². The smallest absolute Gasteiger partial charge is 0.475 e. The Morgan fingerprint density at radius 1 is 1.26 bits per heavy atom. The second-order valence-corrected chi connectivity index (χ2v) is 10.8.